The van der Waals surface area contributed by atoms with Crippen molar-refractivity contribution in [1.29, 1.82) is 0 Å². The Hall–Kier alpha value is -0.830. The molecule has 1 N–H and O–H groups in total. The number of rotatable bonds is 12. The molecule has 0 aliphatic heterocycles. The zero-order valence-corrected chi connectivity index (χ0v) is 11.6. The number of hydrogen-bond donors (Lipinski definition) is 1. The van der Waals surface area contributed by atoms with Crippen LogP contribution in [0.15, 0.2) is 18.7 Å². The van der Waals surface area contributed by atoms with Gasteiger partial charge in [-0.1, -0.05) is 51.4 Å². The van der Waals surface area contributed by atoms with E-state index in [4.69, 9.17) is 5.11 Å². The highest BCUT2D eigenvalue weighted by molar-refractivity contribution is 4.73. The number of aromatic nitrogens is 2. The summed E-state index contributed by atoms with van der Waals surface area (Å²) in [7, 11) is 0. The monoisotopic (exact) mass is 252 g/mol. The van der Waals surface area contributed by atoms with Gasteiger partial charge in [-0.2, -0.15) is 0 Å². The molecule has 0 amide bonds. The highest BCUT2D eigenvalue weighted by Gasteiger charge is 1.94. The highest BCUT2D eigenvalue weighted by atomic mass is 16.2. The summed E-state index contributed by atoms with van der Waals surface area (Å²) in [4.78, 5) is 4.04. The zero-order valence-electron chi connectivity index (χ0n) is 11.6. The van der Waals surface area contributed by atoms with Gasteiger partial charge in [-0.15, -0.1) is 0 Å². The molecule has 104 valence electrons. The molecule has 1 aromatic heterocycles. The Morgan fingerprint density at radius 1 is 0.778 bits per heavy atom. The average Bonchev–Trinajstić information content (AvgIpc) is 2.89. The van der Waals surface area contributed by atoms with Gasteiger partial charge in [0.1, 0.15) is 0 Å². The first-order chi connectivity index (χ1) is 8.93. The molecule has 0 aliphatic rings. The summed E-state index contributed by atoms with van der Waals surface area (Å²) in [5.74, 6) is 0. The Morgan fingerprint density at radius 3 is 1.83 bits per heavy atom. The van der Waals surface area contributed by atoms with Crippen molar-refractivity contribution in [3.05, 3.63) is 18.7 Å². The maximum Gasteiger partial charge on any atom is 0.0945 e. The van der Waals surface area contributed by atoms with Crippen molar-refractivity contribution in [3.63, 3.8) is 0 Å². The maximum absolute atomic E-state index is 8.65. The van der Waals surface area contributed by atoms with Gasteiger partial charge in [0.25, 0.3) is 0 Å². The van der Waals surface area contributed by atoms with Gasteiger partial charge in [-0.3, -0.25) is 0 Å². The fourth-order valence-corrected chi connectivity index (χ4v) is 2.24. The molecular weight excluding hydrogens is 224 g/mol. The minimum atomic E-state index is 0.358. The molecule has 0 spiro atoms. The van der Waals surface area contributed by atoms with E-state index in [1.165, 1.54) is 57.8 Å². The second-order valence-electron chi connectivity index (χ2n) is 5.06. The van der Waals surface area contributed by atoms with Gasteiger partial charge < -0.3 is 9.67 Å². The summed E-state index contributed by atoms with van der Waals surface area (Å²) in [6.45, 7) is 1.47. The van der Waals surface area contributed by atoms with Gasteiger partial charge in [0.15, 0.2) is 0 Å². The number of aryl methyl sites for hydroxylation is 1. The lowest BCUT2D eigenvalue weighted by Crippen LogP contribution is -1.93. The Morgan fingerprint density at radius 2 is 1.33 bits per heavy atom. The first kappa shape index (κ1) is 15.2. The van der Waals surface area contributed by atoms with Crippen LogP contribution in [0.3, 0.4) is 0 Å². The Labute approximate surface area is 111 Å². The van der Waals surface area contributed by atoms with Gasteiger partial charge in [0.2, 0.25) is 0 Å². The molecule has 0 bridgehead atoms. The summed E-state index contributed by atoms with van der Waals surface area (Å²) in [6.07, 6.45) is 18.7. The Kier molecular flexibility index (Phi) is 9.54. The van der Waals surface area contributed by atoms with Crippen LogP contribution in [0.5, 0.6) is 0 Å². The van der Waals surface area contributed by atoms with E-state index in [9.17, 15) is 0 Å². The molecule has 0 saturated heterocycles. The SMILES string of the molecule is OCCCCCCCCCCCCn1ccnc1. The summed E-state index contributed by atoms with van der Waals surface area (Å²) in [6, 6.07) is 0. The number of aliphatic hydroxyl groups excluding tert-OH is 1. The van der Waals surface area contributed by atoms with Gasteiger partial charge in [0.05, 0.1) is 6.33 Å². The van der Waals surface area contributed by atoms with Crippen LogP contribution in [-0.4, -0.2) is 21.3 Å². The number of imidazole rings is 1. The second-order valence-corrected chi connectivity index (χ2v) is 5.06. The third-order valence-corrected chi connectivity index (χ3v) is 3.38. The molecule has 0 saturated carbocycles. The first-order valence-electron chi connectivity index (χ1n) is 7.50. The third kappa shape index (κ3) is 8.29. The zero-order chi connectivity index (χ0) is 12.9. The molecule has 1 rings (SSSR count). The van der Waals surface area contributed by atoms with Crippen LogP contribution in [-0.2, 0) is 6.54 Å². The molecule has 18 heavy (non-hydrogen) atoms. The van der Waals surface area contributed by atoms with Crippen LogP contribution in [0, 0.1) is 0 Å². The lowest BCUT2D eigenvalue weighted by Gasteiger charge is -2.03. The molecule has 0 fully saturated rings. The average molecular weight is 252 g/mol. The van der Waals surface area contributed by atoms with Crippen molar-refractivity contribution >= 4 is 0 Å². The van der Waals surface area contributed by atoms with Gasteiger partial charge in [-0.05, 0) is 12.8 Å². The van der Waals surface area contributed by atoms with Gasteiger partial charge in [-0.25, -0.2) is 4.98 Å². The second kappa shape index (κ2) is 11.3. The maximum atomic E-state index is 8.65. The molecule has 0 unspecified atom stereocenters. The minimum absolute atomic E-state index is 0.358. The lowest BCUT2D eigenvalue weighted by molar-refractivity contribution is 0.282. The van der Waals surface area contributed by atoms with E-state index >= 15 is 0 Å². The topological polar surface area (TPSA) is 38.0 Å². The highest BCUT2D eigenvalue weighted by Crippen LogP contribution is 2.10. The van der Waals surface area contributed by atoms with Crippen LogP contribution >= 0.6 is 0 Å². The molecule has 3 nitrogen and oxygen atoms in total. The van der Waals surface area contributed by atoms with E-state index in [-0.39, 0.29) is 0 Å². The molecule has 0 atom stereocenters. The number of aliphatic hydroxyl groups is 1. The fourth-order valence-electron chi connectivity index (χ4n) is 2.24. The first-order valence-corrected chi connectivity index (χ1v) is 7.50. The number of nitrogens with zero attached hydrogens (tertiary/aromatic N) is 2. The standard InChI is InChI=1S/C15H28N2O/c18-14-10-8-6-4-2-1-3-5-7-9-12-17-13-11-16-15-17/h11,13,15,18H,1-10,12,14H2. The summed E-state index contributed by atoms with van der Waals surface area (Å²) in [5.41, 5.74) is 0. The van der Waals surface area contributed by atoms with E-state index < -0.39 is 0 Å². The number of hydrogen-bond acceptors (Lipinski definition) is 2. The van der Waals surface area contributed by atoms with Crippen molar-refractivity contribution in [2.75, 3.05) is 6.61 Å². The third-order valence-electron chi connectivity index (χ3n) is 3.38. The molecular formula is C15H28N2O. The minimum Gasteiger partial charge on any atom is -0.396 e. The van der Waals surface area contributed by atoms with Gasteiger partial charge >= 0.3 is 0 Å². The summed E-state index contributed by atoms with van der Waals surface area (Å²) < 4.78 is 2.15. The lowest BCUT2D eigenvalue weighted by atomic mass is 10.1. The Balaban J connectivity index is 1.73. The smallest absolute Gasteiger partial charge is 0.0945 e. The quantitative estimate of drug-likeness (QED) is 0.575. The van der Waals surface area contributed by atoms with Crippen LogP contribution in [0.2, 0.25) is 0 Å². The van der Waals surface area contributed by atoms with E-state index in [1.807, 2.05) is 18.7 Å². The molecule has 1 aromatic rings. The van der Waals surface area contributed by atoms with Crippen molar-refractivity contribution < 1.29 is 5.11 Å². The van der Waals surface area contributed by atoms with E-state index in [0.29, 0.717) is 6.61 Å². The molecule has 3 heteroatoms. The van der Waals surface area contributed by atoms with Crippen LogP contribution in [0.25, 0.3) is 0 Å². The van der Waals surface area contributed by atoms with Crippen molar-refractivity contribution in [3.8, 4) is 0 Å². The normalized spacial score (nSPS) is 10.9. The summed E-state index contributed by atoms with van der Waals surface area (Å²) in [5, 5.41) is 8.65. The predicted molar refractivity (Wildman–Crippen MR) is 75.5 cm³/mol. The van der Waals surface area contributed by atoms with Gasteiger partial charge in [0, 0.05) is 25.5 Å². The molecule has 0 aliphatic carbocycles. The Bertz CT molecular complexity index is 259. The molecule has 0 radical (unpaired) electrons. The van der Waals surface area contributed by atoms with E-state index in [1.54, 1.807) is 0 Å². The van der Waals surface area contributed by atoms with E-state index in [0.717, 1.165) is 13.0 Å². The van der Waals surface area contributed by atoms with Crippen molar-refractivity contribution in [2.24, 2.45) is 0 Å². The predicted octanol–water partition coefficient (Wildman–Crippen LogP) is 3.78. The van der Waals surface area contributed by atoms with E-state index in [2.05, 4.69) is 9.55 Å². The van der Waals surface area contributed by atoms with Crippen LogP contribution in [0.1, 0.15) is 64.2 Å². The van der Waals surface area contributed by atoms with Crippen LogP contribution in [0.4, 0.5) is 0 Å². The summed E-state index contributed by atoms with van der Waals surface area (Å²) >= 11 is 0. The molecule has 1 heterocycles. The van der Waals surface area contributed by atoms with Crippen LogP contribution < -0.4 is 0 Å². The number of unbranched alkanes of at least 4 members (excludes halogenated alkanes) is 9. The molecule has 0 aromatic carbocycles. The fraction of sp³-hybridized carbons (Fsp3) is 0.800. The van der Waals surface area contributed by atoms with Crippen molar-refractivity contribution in [1.82, 2.24) is 9.55 Å². The largest absolute Gasteiger partial charge is 0.396 e. The van der Waals surface area contributed by atoms with Crippen molar-refractivity contribution in [2.45, 2.75) is 70.8 Å².